The number of nitrogens with one attached hydrogen (secondary N) is 2. The van der Waals surface area contributed by atoms with Crippen LogP contribution in [-0.4, -0.2) is 16.7 Å². The van der Waals surface area contributed by atoms with Crippen LogP contribution in [0.1, 0.15) is 49.7 Å². The van der Waals surface area contributed by atoms with Gasteiger partial charge in [-0.2, -0.15) is 0 Å². The summed E-state index contributed by atoms with van der Waals surface area (Å²) in [5.74, 6) is 2.35. The van der Waals surface area contributed by atoms with Crippen molar-refractivity contribution in [1.29, 1.82) is 0 Å². The van der Waals surface area contributed by atoms with Crippen molar-refractivity contribution >= 4 is 12.0 Å². The van der Waals surface area contributed by atoms with Gasteiger partial charge >= 0.3 is 0 Å². The van der Waals surface area contributed by atoms with Gasteiger partial charge in [-0.3, -0.25) is 10.0 Å². The Balaban J connectivity index is 1.41. The molecule has 4 aliphatic rings. The molecule has 0 aromatic heterocycles. The summed E-state index contributed by atoms with van der Waals surface area (Å²) < 4.78 is 0. The third kappa shape index (κ3) is 3.26. The lowest BCUT2D eigenvalue weighted by Crippen LogP contribution is -2.58. The second-order valence-corrected chi connectivity index (χ2v) is 8.11. The molecular weight excluding hydrogens is 300 g/mol. The molecule has 0 radical (unpaired) electrons. The molecule has 0 unspecified atom stereocenters. The van der Waals surface area contributed by atoms with Crippen molar-refractivity contribution in [1.82, 2.24) is 10.8 Å². The predicted octanol–water partition coefficient (Wildman–Crippen LogP) is 3.26. The molecule has 128 valence electrons. The molecule has 4 heteroatoms. The smallest absolute Gasteiger partial charge is 0.267 e. The van der Waals surface area contributed by atoms with Crippen LogP contribution >= 0.6 is 0 Å². The van der Waals surface area contributed by atoms with Crippen LogP contribution in [-0.2, 0) is 11.3 Å². The van der Waals surface area contributed by atoms with Gasteiger partial charge in [-0.05, 0) is 73.5 Å². The van der Waals surface area contributed by atoms with E-state index in [-0.39, 0.29) is 0 Å². The fraction of sp³-hybridized carbons (Fsp3) is 0.550. The molecule has 0 spiro atoms. The largest absolute Gasteiger partial charge is 0.307 e. The van der Waals surface area contributed by atoms with E-state index in [0.717, 1.165) is 29.9 Å². The van der Waals surface area contributed by atoms with Gasteiger partial charge in [0.1, 0.15) is 0 Å². The first kappa shape index (κ1) is 15.9. The van der Waals surface area contributed by atoms with Gasteiger partial charge in [0.2, 0.25) is 0 Å². The fourth-order valence-electron chi connectivity index (χ4n) is 5.63. The van der Waals surface area contributed by atoms with Crippen LogP contribution in [0.5, 0.6) is 0 Å². The van der Waals surface area contributed by atoms with Gasteiger partial charge in [0.25, 0.3) is 5.91 Å². The molecule has 4 saturated carbocycles. The highest BCUT2D eigenvalue weighted by atomic mass is 16.5. The van der Waals surface area contributed by atoms with Crippen molar-refractivity contribution in [2.75, 3.05) is 0 Å². The summed E-state index contributed by atoms with van der Waals surface area (Å²) in [5.41, 5.74) is 4.21. The van der Waals surface area contributed by atoms with Crippen molar-refractivity contribution in [2.24, 2.45) is 17.8 Å². The van der Waals surface area contributed by atoms with E-state index in [1.165, 1.54) is 50.2 Å². The number of hydroxylamine groups is 1. The molecule has 4 nitrogen and oxygen atoms in total. The number of carbonyl (C=O) groups is 1. The van der Waals surface area contributed by atoms with E-state index in [1.807, 2.05) is 12.1 Å². The van der Waals surface area contributed by atoms with E-state index < -0.39 is 5.91 Å². The normalized spacial score (nSPS) is 34.0. The molecule has 0 heterocycles. The third-order valence-electron chi connectivity index (χ3n) is 6.19. The van der Waals surface area contributed by atoms with Gasteiger partial charge in [-0.1, -0.05) is 24.3 Å². The lowest BCUT2D eigenvalue weighted by Gasteiger charge is -2.57. The maximum absolute atomic E-state index is 11.1. The number of hydrogen-bond donors (Lipinski definition) is 3. The minimum atomic E-state index is -0.507. The van der Waals surface area contributed by atoms with E-state index in [1.54, 1.807) is 11.6 Å². The Kier molecular flexibility index (Phi) is 4.19. The van der Waals surface area contributed by atoms with E-state index in [0.29, 0.717) is 5.54 Å². The number of rotatable bonds is 5. The van der Waals surface area contributed by atoms with Gasteiger partial charge in [-0.15, -0.1) is 0 Å². The first-order valence-electron chi connectivity index (χ1n) is 9.10. The quantitative estimate of drug-likeness (QED) is 0.442. The summed E-state index contributed by atoms with van der Waals surface area (Å²) in [5, 5.41) is 12.4. The molecule has 5 rings (SSSR count). The second-order valence-electron chi connectivity index (χ2n) is 8.11. The van der Waals surface area contributed by atoms with E-state index in [2.05, 4.69) is 17.4 Å². The van der Waals surface area contributed by atoms with E-state index in [9.17, 15) is 4.79 Å². The minimum Gasteiger partial charge on any atom is -0.307 e. The molecule has 4 aliphatic carbocycles. The van der Waals surface area contributed by atoms with Crippen molar-refractivity contribution in [3.8, 4) is 0 Å². The molecule has 3 N–H and O–H groups in total. The average Bonchev–Trinajstić information content (AvgIpc) is 2.57. The van der Waals surface area contributed by atoms with Crippen LogP contribution in [0.4, 0.5) is 0 Å². The molecular formula is C20H26N2O2. The Morgan fingerprint density at radius 3 is 2.46 bits per heavy atom. The molecule has 0 aliphatic heterocycles. The first-order valence-corrected chi connectivity index (χ1v) is 9.10. The third-order valence-corrected chi connectivity index (χ3v) is 6.19. The highest BCUT2D eigenvalue weighted by molar-refractivity contribution is 5.90. The van der Waals surface area contributed by atoms with Crippen LogP contribution in [0.25, 0.3) is 6.08 Å². The molecule has 1 amide bonds. The van der Waals surface area contributed by atoms with Crippen molar-refractivity contribution in [3.63, 3.8) is 0 Å². The SMILES string of the molecule is O=C(/C=C/c1cccc(CNC23CC4CC(CC(C4)C2)C3)c1)NO. The Labute approximate surface area is 143 Å². The molecule has 24 heavy (non-hydrogen) atoms. The number of amides is 1. The Bertz CT molecular complexity index is 618. The number of hydrogen-bond acceptors (Lipinski definition) is 3. The predicted molar refractivity (Wildman–Crippen MR) is 93.1 cm³/mol. The topological polar surface area (TPSA) is 61.4 Å². The molecule has 0 saturated heterocycles. The van der Waals surface area contributed by atoms with Crippen molar-refractivity contribution < 1.29 is 10.0 Å². The summed E-state index contributed by atoms with van der Waals surface area (Å²) >= 11 is 0. The number of benzene rings is 1. The molecule has 1 aromatic rings. The van der Waals surface area contributed by atoms with Gasteiger partial charge < -0.3 is 5.32 Å². The zero-order valence-corrected chi connectivity index (χ0v) is 14.0. The minimum absolute atomic E-state index is 0.372. The molecule has 4 fully saturated rings. The van der Waals surface area contributed by atoms with Crippen LogP contribution in [0, 0.1) is 17.8 Å². The first-order chi connectivity index (χ1) is 11.6. The molecule has 1 aromatic carbocycles. The summed E-state index contributed by atoms with van der Waals surface area (Å²) in [6.07, 6.45) is 11.5. The number of carbonyl (C=O) groups excluding carboxylic acids is 1. The second kappa shape index (κ2) is 6.34. The van der Waals surface area contributed by atoms with Crippen LogP contribution in [0.2, 0.25) is 0 Å². The maximum Gasteiger partial charge on any atom is 0.267 e. The molecule has 0 atom stereocenters. The zero-order chi connectivity index (χ0) is 16.6. The van der Waals surface area contributed by atoms with Gasteiger partial charge in [0.15, 0.2) is 0 Å². The summed E-state index contributed by atoms with van der Waals surface area (Å²) in [6, 6.07) is 8.23. The standard InChI is InChI=1S/C20H26N2O2/c23-19(22-24)5-4-14-2-1-3-15(6-14)13-21-20-10-16-7-17(11-20)9-18(8-16)12-20/h1-6,16-18,21,24H,7-13H2,(H,22,23)/b5-4+. The summed E-state index contributed by atoms with van der Waals surface area (Å²) in [7, 11) is 0. The van der Waals surface area contributed by atoms with E-state index in [4.69, 9.17) is 5.21 Å². The summed E-state index contributed by atoms with van der Waals surface area (Å²) in [4.78, 5) is 11.1. The lowest BCUT2D eigenvalue weighted by molar-refractivity contribution is -0.124. The maximum atomic E-state index is 11.1. The Morgan fingerprint density at radius 1 is 1.17 bits per heavy atom. The monoisotopic (exact) mass is 326 g/mol. The lowest BCUT2D eigenvalue weighted by atomic mass is 9.53. The van der Waals surface area contributed by atoms with Crippen LogP contribution < -0.4 is 10.8 Å². The van der Waals surface area contributed by atoms with Crippen LogP contribution in [0.15, 0.2) is 30.3 Å². The van der Waals surface area contributed by atoms with Crippen molar-refractivity contribution in [3.05, 3.63) is 41.5 Å². The zero-order valence-electron chi connectivity index (χ0n) is 14.0. The Hall–Kier alpha value is -1.65. The van der Waals surface area contributed by atoms with Gasteiger partial charge in [0, 0.05) is 18.2 Å². The average molecular weight is 326 g/mol. The van der Waals surface area contributed by atoms with Crippen LogP contribution in [0.3, 0.4) is 0 Å². The highest BCUT2D eigenvalue weighted by Crippen LogP contribution is 2.55. The fourth-order valence-corrected chi connectivity index (χ4v) is 5.63. The Morgan fingerprint density at radius 2 is 1.83 bits per heavy atom. The highest BCUT2D eigenvalue weighted by Gasteiger charge is 2.50. The van der Waals surface area contributed by atoms with Gasteiger partial charge in [-0.25, -0.2) is 5.48 Å². The van der Waals surface area contributed by atoms with Crippen molar-refractivity contribution in [2.45, 2.75) is 50.6 Å². The van der Waals surface area contributed by atoms with Gasteiger partial charge in [0.05, 0.1) is 0 Å². The summed E-state index contributed by atoms with van der Waals surface area (Å²) in [6.45, 7) is 0.889. The molecule has 4 bridgehead atoms. The van der Waals surface area contributed by atoms with E-state index >= 15 is 0 Å².